The second-order valence-electron chi connectivity index (χ2n) is 6.06. The van der Waals surface area contributed by atoms with E-state index in [0.29, 0.717) is 24.5 Å². The van der Waals surface area contributed by atoms with Gasteiger partial charge in [-0.3, -0.25) is 10.1 Å². The number of amides is 1. The van der Waals surface area contributed by atoms with Gasteiger partial charge in [0.2, 0.25) is 5.91 Å². The van der Waals surface area contributed by atoms with E-state index < -0.39 is 0 Å². The van der Waals surface area contributed by atoms with Crippen molar-refractivity contribution in [1.82, 2.24) is 15.1 Å². The Morgan fingerprint density at radius 3 is 2.61 bits per heavy atom. The molecule has 0 spiro atoms. The van der Waals surface area contributed by atoms with Crippen LogP contribution in [-0.4, -0.2) is 55.1 Å². The van der Waals surface area contributed by atoms with E-state index in [-0.39, 0.29) is 6.04 Å². The first-order valence-corrected chi connectivity index (χ1v) is 7.14. The molecule has 106 valence electrons. The number of rotatable bonds is 7. The molecule has 0 radical (unpaired) electrons. The van der Waals surface area contributed by atoms with Gasteiger partial charge in [-0.1, -0.05) is 27.2 Å². The highest BCUT2D eigenvalue weighted by Gasteiger charge is 2.35. The predicted molar refractivity (Wildman–Crippen MR) is 75.3 cm³/mol. The van der Waals surface area contributed by atoms with Gasteiger partial charge in [0, 0.05) is 12.6 Å². The lowest BCUT2D eigenvalue weighted by Crippen LogP contribution is -2.45. The molecule has 18 heavy (non-hydrogen) atoms. The van der Waals surface area contributed by atoms with Gasteiger partial charge in [-0.15, -0.1) is 0 Å². The van der Waals surface area contributed by atoms with E-state index in [2.05, 4.69) is 45.1 Å². The number of carbonyl (C=O) groups excluding carboxylic acids is 1. The van der Waals surface area contributed by atoms with Crippen LogP contribution in [0.4, 0.5) is 0 Å². The van der Waals surface area contributed by atoms with Crippen LogP contribution in [0, 0.1) is 5.92 Å². The Balaban J connectivity index is 2.65. The van der Waals surface area contributed by atoms with Crippen molar-refractivity contribution in [2.75, 3.05) is 27.3 Å². The summed E-state index contributed by atoms with van der Waals surface area (Å²) in [7, 11) is 4.15. The number of likely N-dealkylation sites (N-methyl/N-ethyl adjacent to an activating group) is 1. The number of hydrogen-bond acceptors (Lipinski definition) is 3. The van der Waals surface area contributed by atoms with Crippen LogP contribution in [-0.2, 0) is 4.79 Å². The Bertz CT molecular complexity index is 256. The molecule has 4 heteroatoms. The third kappa shape index (κ3) is 4.25. The molecule has 1 heterocycles. The summed E-state index contributed by atoms with van der Waals surface area (Å²) < 4.78 is 0. The van der Waals surface area contributed by atoms with Crippen LogP contribution < -0.4 is 5.32 Å². The molecule has 0 aliphatic carbocycles. The van der Waals surface area contributed by atoms with Crippen molar-refractivity contribution < 1.29 is 4.79 Å². The molecule has 0 saturated carbocycles. The van der Waals surface area contributed by atoms with Crippen LogP contribution in [0.5, 0.6) is 0 Å². The predicted octanol–water partition coefficient (Wildman–Crippen LogP) is 1.52. The van der Waals surface area contributed by atoms with Crippen molar-refractivity contribution in [3.8, 4) is 0 Å². The van der Waals surface area contributed by atoms with Crippen molar-refractivity contribution in [1.29, 1.82) is 0 Å². The Kier molecular flexibility index (Phi) is 6.09. The Morgan fingerprint density at radius 1 is 1.44 bits per heavy atom. The van der Waals surface area contributed by atoms with Crippen molar-refractivity contribution in [2.45, 2.75) is 52.1 Å². The van der Waals surface area contributed by atoms with Crippen molar-refractivity contribution in [3.63, 3.8) is 0 Å². The zero-order chi connectivity index (χ0) is 13.7. The molecule has 0 aromatic carbocycles. The summed E-state index contributed by atoms with van der Waals surface area (Å²) in [5.41, 5.74) is 0. The fourth-order valence-electron chi connectivity index (χ4n) is 2.66. The Hall–Kier alpha value is -0.610. The molecule has 4 nitrogen and oxygen atoms in total. The van der Waals surface area contributed by atoms with E-state index in [0.717, 1.165) is 25.8 Å². The zero-order valence-corrected chi connectivity index (χ0v) is 12.6. The van der Waals surface area contributed by atoms with Crippen LogP contribution in [0.25, 0.3) is 0 Å². The lowest BCUT2D eigenvalue weighted by atomic mass is 10.0. The van der Waals surface area contributed by atoms with E-state index in [4.69, 9.17) is 0 Å². The summed E-state index contributed by atoms with van der Waals surface area (Å²) >= 11 is 0. The van der Waals surface area contributed by atoms with Gasteiger partial charge in [-0.25, -0.2) is 0 Å². The molecule has 1 rings (SSSR count). The van der Waals surface area contributed by atoms with E-state index in [1.807, 2.05) is 4.90 Å². The van der Waals surface area contributed by atoms with E-state index in [1.54, 1.807) is 0 Å². The lowest BCUT2D eigenvalue weighted by molar-refractivity contribution is -0.131. The molecular formula is C14H29N3O. The van der Waals surface area contributed by atoms with Gasteiger partial charge < -0.3 is 9.80 Å². The van der Waals surface area contributed by atoms with Gasteiger partial charge in [0.15, 0.2) is 0 Å². The van der Waals surface area contributed by atoms with E-state index >= 15 is 0 Å². The maximum absolute atomic E-state index is 12.3. The van der Waals surface area contributed by atoms with Gasteiger partial charge >= 0.3 is 0 Å². The standard InChI is InChI=1S/C14H29N3O/c1-6-7-13-14(18)17(10-15-13)12(8-11(2)3)9-16(4)5/h11-13,15H,6-10H2,1-5H3. The van der Waals surface area contributed by atoms with E-state index in [9.17, 15) is 4.79 Å². The number of nitrogens with zero attached hydrogens (tertiary/aromatic N) is 2. The monoisotopic (exact) mass is 255 g/mol. The summed E-state index contributed by atoms with van der Waals surface area (Å²) in [6.45, 7) is 8.24. The molecular weight excluding hydrogens is 226 g/mol. The molecule has 1 fully saturated rings. The molecule has 0 aromatic heterocycles. The summed E-state index contributed by atoms with van der Waals surface area (Å²) in [5, 5.41) is 3.34. The molecule has 1 amide bonds. The summed E-state index contributed by atoms with van der Waals surface area (Å²) in [5.74, 6) is 0.914. The minimum atomic E-state index is 0.0480. The molecule has 1 aliphatic rings. The SMILES string of the molecule is CCCC1NCN(C(CC(C)C)CN(C)C)C1=O. The number of hydrogen-bond donors (Lipinski definition) is 1. The van der Waals surface area contributed by atoms with Crippen molar-refractivity contribution >= 4 is 5.91 Å². The number of nitrogens with one attached hydrogen (secondary N) is 1. The highest BCUT2D eigenvalue weighted by molar-refractivity contribution is 5.84. The van der Waals surface area contributed by atoms with Gasteiger partial charge in [0.05, 0.1) is 12.7 Å². The summed E-state index contributed by atoms with van der Waals surface area (Å²) in [4.78, 5) is 16.6. The van der Waals surface area contributed by atoms with Crippen LogP contribution in [0.3, 0.4) is 0 Å². The van der Waals surface area contributed by atoms with Crippen LogP contribution >= 0.6 is 0 Å². The minimum Gasteiger partial charge on any atom is -0.324 e. The van der Waals surface area contributed by atoms with Crippen LogP contribution in [0.1, 0.15) is 40.0 Å². The highest BCUT2D eigenvalue weighted by Crippen LogP contribution is 2.18. The first-order valence-electron chi connectivity index (χ1n) is 7.14. The molecule has 2 unspecified atom stereocenters. The molecule has 1 N–H and O–H groups in total. The topological polar surface area (TPSA) is 35.6 Å². The quantitative estimate of drug-likeness (QED) is 0.749. The highest BCUT2D eigenvalue weighted by atomic mass is 16.2. The third-order valence-electron chi connectivity index (χ3n) is 3.43. The van der Waals surface area contributed by atoms with Crippen molar-refractivity contribution in [3.05, 3.63) is 0 Å². The van der Waals surface area contributed by atoms with Crippen LogP contribution in [0.2, 0.25) is 0 Å². The lowest BCUT2D eigenvalue weighted by Gasteiger charge is -2.31. The van der Waals surface area contributed by atoms with Gasteiger partial charge in [-0.05, 0) is 32.9 Å². The fourth-order valence-corrected chi connectivity index (χ4v) is 2.66. The molecule has 0 aromatic rings. The second-order valence-corrected chi connectivity index (χ2v) is 6.06. The van der Waals surface area contributed by atoms with Gasteiger partial charge in [0.25, 0.3) is 0 Å². The van der Waals surface area contributed by atoms with Crippen LogP contribution in [0.15, 0.2) is 0 Å². The van der Waals surface area contributed by atoms with Gasteiger partial charge in [0.1, 0.15) is 0 Å². The Labute approximate surface area is 112 Å². The normalized spacial score (nSPS) is 22.3. The smallest absolute Gasteiger partial charge is 0.241 e. The van der Waals surface area contributed by atoms with E-state index in [1.165, 1.54) is 0 Å². The first kappa shape index (κ1) is 15.4. The Morgan fingerprint density at radius 2 is 2.11 bits per heavy atom. The van der Waals surface area contributed by atoms with Gasteiger partial charge in [-0.2, -0.15) is 0 Å². The zero-order valence-electron chi connectivity index (χ0n) is 12.6. The largest absolute Gasteiger partial charge is 0.324 e. The molecule has 1 aliphatic heterocycles. The maximum atomic E-state index is 12.3. The second kappa shape index (κ2) is 7.10. The first-order chi connectivity index (χ1) is 8.45. The third-order valence-corrected chi connectivity index (χ3v) is 3.43. The average molecular weight is 255 g/mol. The minimum absolute atomic E-state index is 0.0480. The van der Waals surface area contributed by atoms with Crippen molar-refractivity contribution in [2.24, 2.45) is 5.92 Å². The summed E-state index contributed by atoms with van der Waals surface area (Å²) in [6, 6.07) is 0.383. The molecule has 1 saturated heterocycles. The molecule has 2 atom stereocenters. The maximum Gasteiger partial charge on any atom is 0.241 e. The average Bonchev–Trinajstić information content (AvgIpc) is 2.59. The number of carbonyl (C=O) groups is 1. The molecule has 0 bridgehead atoms. The fraction of sp³-hybridized carbons (Fsp3) is 0.929. The summed E-state index contributed by atoms with van der Waals surface area (Å²) in [6.07, 6.45) is 3.08.